The lowest BCUT2D eigenvalue weighted by Crippen LogP contribution is -2.60. The molecule has 144 valence electrons. The summed E-state index contributed by atoms with van der Waals surface area (Å²) < 4.78 is 36.8. The van der Waals surface area contributed by atoms with E-state index in [4.69, 9.17) is 22.1 Å². The van der Waals surface area contributed by atoms with E-state index in [9.17, 15) is 4.39 Å². The molecule has 0 aromatic heterocycles. The monoisotopic (exact) mass is 411 g/mol. The molecule has 0 bridgehead atoms. The van der Waals surface area contributed by atoms with Crippen LogP contribution in [0.3, 0.4) is 0 Å². The van der Waals surface area contributed by atoms with Gasteiger partial charge in [0.2, 0.25) is 0 Å². The van der Waals surface area contributed by atoms with Crippen LogP contribution in [0.2, 0.25) is 0 Å². The summed E-state index contributed by atoms with van der Waals surface area (Å²) in [5.41, 5.74) is 3.56. The Bertz CT molecular complexity index is 861. The van der Waals surface area contributed by atoms with Gasteiger partial charge in [-0.25, -0.2) is 13.8 Å². The van der Waals surface area contributed by atoms with Gasteiger partial charge in [0.15, 0.2) is 10.8 Å². The molecule has 4 nitrogen and oxygen atoms in total. The highest BCUT2D eigenvalue weighted by Gasteiger charge is 2.60. The standard InChI is InChI=1S/C19H20ClF2N3OS/c1-12-8-18(22)11-27-17(23)24-19(18,10-26-12)15-7-14(4-5-16(15)21)25-6-2-3-13(20)9-25/h2-5,7,9,12H,6,8,10-11H2,1H3,(H2,23,24)/t12-,18+,19+/m0/s1. The van der Waals surface area contributed by atoms with Gasteiger partial charge in [-0.1, -0.05) is 29.4 Å². The Balaban J connectivity index is 1.84. The Kier molecular flexibility index (Phi) is 4.72. The first-order valence-electron chi connectivity index (χ1n) is 8.72. The Morgan fingerprint density at radius 3 is 3.04 bits per heavy atom. The molecule has 2 N–H and O–H groups in total. The number of anilines is 1. The zero-order chi connectivity index (χ0) is 19.2. The van der Waals surface area contributed by atoms with Crippen molar-refractivity contribution in [2.24, 2.45) is 10.7 Å². The first kappa shape index (κ1) is 18.8. The van der Waals surface area contributed by atoms with E-state index in [0.717, 1.165) is 11.8 Å². The van der Waals surface area contributed by atoms with E-state index in [1.54, 1.807) is 24.4 Å². The molecule has 3 atom stereocenters. The number of thioether (sulfide) groups is 1. The fraction of sp³-hybridized carbons (Fsp3) is 0.421. The highest BCUT2D eigenvalue weighted by atomic mass is 35.5. The maximum atomic E-state index is 16.1. The number of rotatable bonds is 2. The molecule has 0 unspecified atom stereocenters. The number of alkyl halides is 1. The number of allylic oxidation sites excluding steroid dienone is 2. The summed E-state index contributed by atoms with van der Waals surface area (Å²) in [7, 11) is 0. The van der Waals surface area contributed by atoms with Gasteiger partial charge >= 0.3 is 0 Å². The predicted octanol–water partition coefficient (Wildman–Crippen LogP) is 4.06. The average Bonchev–Trinajstić information content (AvgIpc) is 2.63. The summed E-state index contributed by atoms with van der Waals surface area (Å²) in [5, 5.41) is 0.811. The Hall–Kier alpha value is -1.57. The molecule has 3 aliphatic heterocycles. The molecule has 1 aromatic carbocycles. The molecule has 0 radical (unpaired) electrons. The normalized spacial score (nSPS) is 33.3. The maximum Gasteiger partial charge on any atom is 0.155 e. The smallest absolute Gasteiger partial charge is 0.155 e. The molecule has 0 spiro atoms. The summed E-state index contributed by atoms with van der Waals surface area (Å²) in [6.45, 7) is 2.35. The third kappa shape index (κ3) is 3.15. The predicted molar refractivity (Wildman–Crippen MR) is 106 cm³/mol. The van der Waals surface area contributed by atoms with Crippen molar-refractivity contribution in [3.8, 4) is 0 Å². The second-order valence-electron chi connectivity index (χ2n) is 7.12. The fourth-order valence-electron chi connectivity index (χ4n) is 3.89. The number of halogens is 3. The van der Waals surface area contributed by atoms with E-state index < -0.39 is 17.0 Å². The molecule has 0 aliphatic carbocycles. The van der Waals surface area contributed by atoms with Crippen LogP contribution in [-0.4, -0.2) is 35.8 Å². The fourth-order valence-corrected chi connectivity index (χ4v) is 5.05. The van der Waals surface area contributed by atoms with Crippen molar-refractivity contribution in [3.63, 3.8) is 0 Å². The van der Waals surface area contributed by atoms with Gasteiger partial charge in [-0.15, -0.1) is 0 Å². The van der Waals surface area contributed by atoms with Gasteiger partial charge < -0.3 is 15.4 Å². The van der Waals surface area contributed by atoms with Crippen LogP contribution in [0.5, 0.6) is 0 Å². The van der Waals surface area contributed by atoms with Crippen LogP contribution in [0.4, 0.5) is 14.5 Å². The van der Waals surface area contributed by atoms with Gasteiger partial charge in [0, 0.05) is 36.2 Å². The number of benzene rings is 1. The lowest BCUT2D eigenvalue weighted by molar-refractivity contribution is -0.107. The van der Waals surface area contributed by atoms with Crippen LogP contribution in [0.25, 0.3) is 0 Å². The van der Waals surface area contributed by atoms with Crippen molar-refractivity contribution in [2.45, 2.75) is 30.7 Å². The lowest BCUT2D eigenvalue weighted by Gasteiger charge is -2.50. The zero-order valence-corrected chi connectivity index (χ0v) is 16.4. The third-order valence-electron chi connectivity index (χ3n) is 5.26. The van der Waals surface area contributed by atoms with E-state index in [1.165, 1.54) is 6.07 Å². The van der Waals surface area contributed by atoms with E-state index in [2.05, 4.69) is 4.99 Å². The van der Waals surface area contributed by atoms with E-state index in [0.29, 0.717) is 17.3 Å². The number of amidine groups is 1. The molecule has 4 rings (SSSR count). The zero-order valence-electron chi connectivity index (χ0n) is 14.8. The molecule has 1 fully saturated rings. The summed E-state index contributed by atoms with van der Waals surface area (Å²) >= 11 is 7.25. The van der Waals surface area contributed by atoms with Crippen LogP contribution in [0, 0.1) is 5.82 Å². The highest BCUT2D eigenvalue weighted by molar-refractivity contribution is 8.13. The summed E-state index contributed by atoms with van der Waals surface area (Å²) in [4.78, 5) is 6.29. The van der Waals surface area contributed by atoms with Gasteiger partial charge in [0.1, 0.15) is 11.4 Å². The Morgan fingerprint density at radius 2 is 2.26 bits per heavy atom. The Morgan fingerprint density at radius 1 is 1.44 bits per heavy atom. The third-order valence-corrected chi connectivity index (χ3v) is 6.48. The van der Waals surface area contributed by atoms with Crippen LogP contribution in [0.15, 0.2) is 46.6 Å². The summed E-state index contributed by atoms with van der Waals surface area (Å²) in [6, 6.07) is 4.62. The molecule has 8 heteroatoms. The van der Waals surface area contributed by atoms with Crippen molar-refractivity contribution < 1.29 is 13.5 Å². The van der Waals surface area contributed by atoms with E-state index >= 15 is 4.39 Å². The van der Waals surface area contributed by atoms with Gasteiger partial charge in [-0.05, 0) is 31.2 Å². The summed E-state index contributed by atoms with van der Waals surface area (Å²) in [5.74, 6) is -0.400. The second kappa shape index (κ2) is 6.79. The van der Waals surface area contributed by atoms with Crippen LogP contribution in [0.1, 0.15) is 18.9 Å². The van der Waals surface area contributed by atoms with Crippen molar-refractivity contribution in [1.29, 1.82) is 0 Å². The molecule has 1 saturated heterocycles. The number of hydrogen-bond donors (Lipinski definition) is 1. The number of hydrogen-bond acceptors (Lipinski definition) is 5. The first-order chi connectivity index (χ1) is 12.8. The van der Waals surface area contributed by atoms with Crippen molar-refractivity contribution in [2.75, 3.05) is 23.8 Å². The molecule has 1 aromatic rings. The quantitative estimate of drug-likeness (QED) is 0.797. The molecule has 3 aliphatic rings. The van der Waals surface area contributed by atoms with Crippen molar-refractivity contribution >= 4 is 34.2 Å². The highest BCUT2D eigenvalue weighted by Crippen LogP contribution is 2.52. The van der Waals surface area contributed by atoms with E-state index in [-0.39, 0.29) is 35.6 Å². The number of fused-ring (bicyclic) bond motifs is 1. The van der Waals surface area contributed by atoms with Gasteiger partial charge in [-0.3, -0.25) is 0 Å². The molecule has 27 heavy (non-hydrogen) atoms. The lowest BCUT2D eigenvalue weighted by atomic mass is 9.72. The maximum absolute atomic E-state index is 16.1. The van der Waals surface area contributed by atoms with Crippen LogP contribution < -0.4 is 10.6 Å². The van der Waals surface area contributed by atoms with E-state index in [1.807, 2.05) is 17.9 Å². The number of ether oxygens (including phenoxy) is 1. The van der Waals surface area contributed by atoms with Gasteiger partial charge in [0.25, 0.3) is 0 Å². The molecule has 3 heterocycles. The number of nitrogens with zero attached hydrogens (tertiary/aromatic N) is 2. The SMILES string of the molecule is C[C@H]1C[C@@]2(F)CSC(N)=N[C@@]2(c2cc(N3C=C(Cl)C=CC3)ccc2F)CO1. The average molecular weight is 412 g/mol. The van der Waals surface area contributed by atoms with Gasteiger partial charge in [-0.2, -0.15) is 0 Å². The first-order valence-corrected chi connectivity index (χ1v) is 10.1. The Labute approximate surface area is 166 Å². The minimum absolute atomic E-state index is 0.0528. The van der Waals surface area contributed by atoms with Crippen molar-refractivity contribution in [1.82, 2.24) is 0 Å². The topological polar surface area (TPSA) is 50.8 Å². The minimum Gasteiger partial charge on any atom is -0.379 e. The second-order valence-corrected chi connectivity index (χ2v) is 8.55. The van der Waals surface area contributed by atoms with Crippen LogP contribution >= 0.6 is 23.4 Å². The largest absolute Gasteiger partial charge is 0.379 e. The van der Waals surface area contributed by atoms with Crippen molar-refractivity contribution in [3.05, 3.63) is 53.0 Å². The number of nitrogens with two attached hydrogens (primary N) is 1. The molecular formula is C19H20ClF2N3OS. The molecule has 0 saturated carbocycles. The van der Waals surface area contributed by atoms with Crippen LogP contribution in [-0.2, 0) is 10.3 Å². The molecule has 0 amide bonds. The summed E-state index contributed by atoms with van der Waals surface area (Å²) in [6.07, 6.45) is 5.33. The van der Waals surface area contributed by atoms with Gasteiger partial charge in [0.05, 0.1) is 17.7 Å². The minimum atomic E-state index is -1.74. The number of aliphatic imine (C=N–C) groups is 1. The molecular weight excluding hydrogens is 392 g/mol.